The maximum atomic E-state index is 12.9. The van der Waals surface area contributed by atoms with E-state index < -0.39 is 10.8 Å². The molecular formula is C30H21Cl2N3O5. The number of nitriles is 1. The van der Waals surface area contributed by atoms with Crippen molar-refractivity contribution in [2.24, 2.45) is 0 Å². The van der Waals surface area contributed by atoms with Crippen LogP contribution in [-0.4, -0.2) is 10.8 Å². The summed E-state index contributed by atoms with van der Waals surface area (Å²) in [7, 11) is 0. The third kappa shape index (κ3) is 7.60. The fourth-order valence-corrected chi connectivity index (χ4v) is 3.97. The predicted octanol–water partition coefficient (Wildman–Crippen LogP) is 7.61. The standard InChI is InChI=1S/C30H21Cl2N3O5/c31-24-8-13-29(40-18-20-4-3-6-26(14-20)35(37)38)22(16-24)15-23(17-33)30(36)34-25-9-11-27(12-10-25)39-19-21-5-1-2-7-28(21)32/h1-16H,18-19H2,(H,34,36)/b23-15+. The molecule has 0 aliphatic carbocycles. The van der Waals surface area contributed by atoms with Crippen LogP contribution in [0.25, 0.3) is 6.08 Å². The molecule has 1 amide bonds. The number of hydrogen-bond acceptors (Lipinski definition) is 6. The Labute approximate surface area is 240 Å². The lowest BCUT2D eigenvalue weighted by Crippen LogP contribution is -2.13. The number of nitro benzene ring substituents is 1. The summed E-state index contributed by atoms with van der Waals surface area (Å²) < 4.78 is 11.6. The zero-order chi connectivity index (χ0) is 28.5. The minimum atomic E-state index is -0.628. The van der Waals surface area contributed by atoms with Crippen molar-refractivity contribution in [3.63, 3.8) is 0 Å². The molecule has 0 aliphatic heterocycles. The molecule has 0 atom stereocenters. The number of non-ortho nitro benzene ring substituents is 1. The molecule has 8 nitrogen and oxygen atoms in total. The molecule has 4 aromatic rings. The molecule has 0 bridgehead atoms. The molecule has 1 N–H and O–H groups in total. The van der Waals surface area contributed by atoms with Crippen molar-refractivity contribution in [2.45, 2.75) is 13.2 Å². The monoisotopic (exact) mass is 573 g/mol. The zero-order valence-electron chi connectivity index (χ0n) is 20.8. The van der Waals surface area contributed by atoms with Gasteiger partial charge < -0.3 is 14.8 Å². The maximum absolute atomic E-state index is 12.9. The molecule has 0 fully saturated rings. The lowest BCUT2D eigenvalue weighted by Gasteiger charge is -2.11. The minimum absolute atomic E-state index is 0.0309. The Balaban J connectivity index is 1.44. The first-order valence-electron chi connectivity index (χ1n) is 11.9. The number of carbonyl (C=O) groups is 1. The summed E-state index contributed by atoms with van der Waals surface area (Å²) in [5.74, 6) is 0.298. The van der Waals surface area contributed by atoms with Gasteiger partial charge in [0.1, 0.15) is 36.4 Å². The fourth-order valence-electron chi connectivity index (χ4n) is 3.60. The second-order valence-corrected chi connectivity index (χ2v) is 9.27. The first-order valence-corrected chi connectivity index (χ1v) is 12.6. The van der Waals surface area contributed by atoms with E-state index in [-0.39, 0.29) is 24.5 Å². The van der Waals surface area contributed by atoms with E-state index in [0.29, 0.717) is 38.4 Å². The number of nitrogens with one attached hydrogen (secondary N) is 1. The third-order valence-electron chi connectivity index (χ3n) is 5.62. The summed E-state index contributed by atoms with van der Waals surface area (Å²) in [6.07, 6.45) is 1.37. The summed E-state index contributed by atoms with van der Waals surface area (Å²) in [4.78, 5) is 23.4. The number of benzene rings is 4. The summed E-state index contributed by atoms with van der Waals surface area (Å²) in [5, 5.41) is 24.4. The number of nitro groups is 1. The van der Waals surface area contributed by atoms with Gasteiger partial charge in [-0.25, -0.2) is 0 Å². The van der Waals surface area contributed by atoms with Gasteiger partial charge in [-0.3, -0.25) is 14.9 Å². The van der Waals surface area contributed by atoms with Gasteiger partial charge in [0.05, 0.1) is 4.92 Å². The lowest BCUT2D eigenvalue weighted by molar-refractivity contribution is -0.384. The van der Waals surface area contributed by atoms with Crippen LogP contribution < -0.4 is 14.8 Å². The van der Waals surface area contributed by atoms with E-state index in [2.05, 4.69) is 5.32 Å². The Morgan fingerprint density at radius 2 is 1.73 bits per heavy atom. The number of anilines is 1. The molecule has 0 heterocycles. The molecule has 0 radical (unpaired) electrons. The first kappa shape index (κ1) is 28.2. The molecule has 4 rings (SSSR count). The number of amides is 1. The minimum Gasteiger partial charge on any atom is -0.489 e. The largest absolute Gasteiger partial charge is 0.489 e. The molecule has 10 heteroatoms. The van der Waals surface area contributed by atoms with Crippen molar-refractivity contribution in [1.29, 1.82) is 5.26 Å². The average Bonchev–Trinajstić information content (AvgIpc) is 2.96. The number of ether oxygens (including phenoxy) is 2. The van der Waals surface area contributed by atoms with Gasteiger partial charge in [0.2, 0.25) is 0 Å². The number of nitrogens with zero attached hydrogens (tertiary/aromatic N) is 2. The molecule has 200 valence electrons. The van der Waals surface area contributed by atoms with Crippen molar-refractivity contribution in [3.8, 4) is 17.6 Å². The number of hydrogen-bond donors (Lipinski definition) is 1. The number of carbonyl (C=O) groups excluding carboxylic acids is 1. The van der Waals surface area contributed by atoms with Crippen molar-refractivity contribution in [3.05, 3.63) is 133 Å². The Hall–Kier alpha value is -4.84. The van der Waals surface area contributed by atoms with Crippen LogP contribution in [-0.2, 0) is 18.0 Å². The molecule has 40 heavy (non-hydrogen) atoms. The Morgan fingerprint density at radius 1 is 0.950 bits per heavy atom. The van der Waals surface area contributed by atoms with Crippen LogP contribution >= 0.6 is 23.2 Å². The van der Waals surface area contributed by atoms with Gasteiger partial charge in [0.25, 0.3) is 11.6 Å². The van der Waals surface area contributed by atoms with Gasteiger partial charge in [0, 0.05) is 39.0 Å². The number of halogens is 2. The third-order valence-corrected chi connectivity index (χ3v) is 6.22. The van der Waals surface area contributed by atoms with Crippen LogP contribution in [0.15, 0.2) is 96.6 Å². The van der Waals surface area contributed by atoms with Gasteiger partial charge >= 0.3 is 0 Å². The smallest absolute Gasteiger partial charge is 0.269 e. The summed E-state index contributed by atoms with van der Waals surface area (Å²) >= 11 is 12.3. The van der Waals surface area contributed by atoms with Crippen LogP contribution in [0.4, 0.5) is 11.4 Å². The topological polar surface area (TPSA) is 114 Å². The summed E-state index contributed by atoms with van der Waals surface area (Å²) in [6, 6.07) is 26.8. The average molecular weight is 574 g/mol. The highest BCUT2D eigenvalue weighted by Crippen LogP contribution is 2.27. The number of rotatable bonds is 10. The predicted molar refractivity (Wildman–Crippen MR) is 153 cm³/mol. The van der Waals surface area contributed by atoms with Gasteiger partial charge in [-0.05, 0) is 60.2 Å². The second-order valence-electron chi connectivity index (χ2n) is 8.43. The molecule has 0 unspecified atom stereocenters. The summed E-state index contributed by atoms with van der Waals surface area (Å²) in [6.45, 7) is 0.320. The van der Waals surface area contributed by atoms with Gasteiger partial charge in [0.15, 0.2) is 0 Å². The maximum Gasteiger partial charge on any atom is 0.269 e. The van der Waals surface area contributed by atoms with Crippen LogP contribution in [0, 0.1) is 21.4 Å². The van der Waals surface area contributed by atoms with Gasteiger partial charge in [-0.1, -0.05) is 53.5 Å². The molecule has 0 aliphatic rings. The van der Waals surface area contributed by atoms with Crippen LogP contribution in [0.3, 0.4) is 0 Å². The van der Waals surface area contributed by atoms with E-state index in [4.69, 9.17) is 32.7 Å². The molecule has 0 aromatic heterocycles. The van der Waals surface area contributed by atoms with Crippen molar-refractivity contribution in [1.82, 2.24) is 0 Å². The normalized spacial score (nSPS) is 10.9. The van der Waals surface area contributed by atoms with E-state index in [1.807, 2.05) is 24.3 Å². The highest BCUT2D eigenvalue weighted by Gasteiger charge is 2.13. The SMILES string of the molecule is N#C/C(=C\c1cc(Cl)ccc1OCc1cccc([N+](=O)[O-])c1)C(=O)Nc1ccc(OCc2ccccc2Cl)cc1. The van der Waals surface area contributed by atoms with E-state index in [9.17, 15) is 20.2 Å². The molecule has 0 spiro atoms. The van der Waals surface area contributed by atoms with Crippen LogP contribution in [0.5, 0.6) is 11.5 Å². The van der Waals surface area contributed by atoms with Crippen LogP contribution in [0.1, 0.15) is 16.7 Å². The fraction of sp³-hybridized carbons (Fsp3) is 0.0667. The molecule has 0 saturated heterocycles. The molecule has 0 saturated carbocycles. The highest BCUT2D eigenvalue weighted by molar-refractivity contribution is 6.31. The quantitative estimate of drug-likeness (QED) is 0.0903. The van der Waals surface area contributed by atoms with Crippen LogP contribution in [0.2, 0.25) is 10.0 Å². The van der Waals surface area contributed by atoms with Crippen molar-refractivity contribution in [2.75, 3.05) is 5.32 Å². The van der Waals surface area contributed by atoms with E-state index >= 15 is 0 Å². The highest BCUT2D eigenvalue weighted by atomic mass is 35.5. The van der Waals surface area contributed by atoms with E-state index in [0.717, 1.165) is 5.56 Å². The van der Waals surface area contributed by atoms with Gasteiger partial charge in [-0.15, -0.1) is 0 Å². The Kier molecular flexibility index (Phi) is 9.36. The Bertz CT molecular complexity index is 1610. The molecular weight excluding hydrogens is 553 g/mol. The lowest BCUT2D eigenvalue weighted by atomic mass is 10.1. The van der Waals surface area contributed by atoms with Crippen molar-refractivity contribution < 1.29 is 19.2 Å². The first-order chi connectivity index (χ1) is 19.3. The summed E-state index contributed by atoms with van der Waals surface area (Å²) in [5.41, 5.74) is 2.05. The van der Waals surface area contributed by atoms with Crippen molar-refractivity contribution >= 4 is 46.6 Å². The Morgan fingerprint density at radius 3 is 2.45 bits per heavy atom. The van der Waals surface area contributed by atoms with E-state index in [1.54, 1.807) is 60.7 Å². The van der Waals surface area contributed by atoms with Gasteiger partial charge in [-0.2, -0.15) is 5.26 Å². The zero-order valence-corrected chi connectivity index (χ0v) is 22.4. The van der Waals surface area contributed by atoms with E-state index in [1.165, 1.54) is 18.2 Å². The second kappa shape index (κ2) is 13.3. The molecule has 4 aromatic carbocycles.